The van der Waals surface area contributed by atoms with Gasteiger partial charge in [-0.05, 0) is 36.5 Å². The monoisotopic (exact) mass is 264 g/mol. The second kappa shape index (κ2) is 3.54. The fraction of sp³-hybridized carbons (Fsp3) is 0.353. The number of allylic oxidation sites excluding steroid dienone is 1. The molecule has 3 heteroatoms. The number of carbonyl (C=O) groups excluding carboxylic acids is 1. The molecular formula is C17H16N2O. The van der Waals surface area contributed by atoms with Crippen molar-refractivity contribution in [3.05, 3.63) is 41.1 Å². The van der Waals surface area contributed by atoms with Crippen LogP contribution in [0.1, 0.15) is 30.5 Å². The van der Waals surface area contributed by atoms with Crippen molar-refractivity contribution in [2.75, 3.05) is 6.54 Å². The second-order valence-corrected chi connectivity index (χ2v) is 5.99. The number of benzene rings is 1. The number of hydrogen-bond donors (Lipinski definition) is 0. The van der Waals surface area contributed by atoms with Gasteiger partial charge in [-0.3, -0.25) is 4.79 Å². The van der Waals surface area contributed by atoms with Gasteiger partial charge in [0.1, 0.15) is 0 Å². The fourth-order valence-electron chi connectivity index (χ4n) is 4.20. The molecule has 100 valence electrons. The summed E-state index contributed by atoms with van der Waals surface area (Å²) in [7, 11) is 0. The van der Waals surface area contributed by atoms with E-state index in [1.54, 1.807) is 0 Å². The van der Waals surface area contributed by atoms with Crippen molar-refractivity contribution >= 4 is 22.5 Å². The molecule has 1 aromatic heterocycles. The smallest absolute Gasteiger partial charge is 0.227 e. The van der Waals surface area contributed by atoms with Crippen molar-refractivity contribution in [3.63, 3.8) is 0 Å². The number of para-hydroxylation sites is 1. The maximum atomic E-state index is 12.2. The van der Waals surface area contributed by atoms with Crippen LogP contribution in [0.2, 0.25) is 0 Å². The zero-order chi connectivity index (χ0) is 13.3. The molecule has 20 heavy (non-hydrogen) atoms. The first-order valence-electron chi connectivity index (χ1n) is 7.47. The van der Waals surface area contributed by atoms with Crippen LogP contribution in [-0.4, -0.2) is 21.9 Å². The quantitative estimate of drug-likeness (QED) is 0.718. The van der Waals surface area contributed by atoms with Gasteiger partial charge in [-0.2, -0.15) is 0 Å². The van der Waals surface area contributed by atoms with Crippen LogP contribution >= 0.6 is 0 Å². The van der Waals surface area contributed by atoms with Gasteiger partial charge < -0.3 is 9.47 Å². The van der Waals surface area contributed by atoms with Crippen LogP contribution in [0.4, 0.5) is 0 Å². The third-order valence-corrected chi connectivity index (χ3v) is 5.07. The van der Waals surface area contributed by atoms with Crippen LogP contribution in [0, 0.1) is 0 Å². The summed E-state index contributed by atoms with van der Waals surface area (Å²) in [5.74, 6) is 0.313. The highest BCUT2D eigenvalue weighted by molar-refractivity contribution is 5.97. The minimum atomic E-state index is 0.313. The van der Waals surface area contributed by atoms with E-state index in [-0.39, 0.29) is 0 Å². The molecule has 0 N–H and O–H groups in total. The Morgan fingerprint density at radius 1 is 0.950 bits per heavy atom. The third kappa shape index (κ3) is 1.14. The van der Waals surface area contributed by atoms with E-state index in [1.807, 2.05) is 0 Å². The summed E-state index contributed by atoms with van der Waals surface area (Å²) in [5.41, 5.74) is 6.89. The average molecular weight is 264 g/mol. The number of nitrogens with zero attached hydrogens (tertiary/aromatic N) is 2. The van der Waals surface area contributed by atoms with Crippen LogP contribution in [0.5, 0.6) is 0 Å². The summed E-state index contributed by atoms with van der Waals surface area (Å²) in [6, 6.07) is 8.69. The van der Waals surface area contributed by atoms with Crippen LogP contribution in [0.15, 0.2) is 29.8 Å². The van der Waals surface area contributed by atoms with E-state index in [0.29, 0.717) is 12.3 Å². The number of rotatable bonds is 0. The van der Waals surface area contributed by atoms with E-state index in [1.165, 1.54) is 33.4 Å². The summed E-state index contributed by atoms with van der Waals surface area (Å²) < 4.78 is 2.44. The summed E-state index contributed by atoms with van der Waals surface area (Å²) >= 11 is 0. The average Bonchev–Trinajstić information content (AvgIpc) is 2.83. The van der Waals surface area contributed by atoms with Gasteiger partial charge in [0.2, 0.25) is 5.91 Å². The Bertz CT molecular complexity index is 782. The van der Waals surface area contributed by atoms with Crippen LogP contribution in [-0.2, 0) is 17.8 Å². The first-order valence-corrected chi connectivity index (χ1v) is 7.47. The Morgan fingerprint density at radius 3 is 2.80 bits per heavy atom. The molecule has 0 saturated carbocycles. The van der Waals surface area contributed by atoms with Crippen molar-refractivity contribution in [3.8, 4) is 0 Å². The van der Waals surface area contributed by atoms with Gasteiger partial charge in [0.05, 0.1) is 11.4 Å². The molecule has 5 rings (SSSR count). The lowest BCUT2D eigenvalue weighted by molar-refractivity contribution is -0.128. The SMILES string of the molecule is O=C1CCC2=C3c4c(c5ccccc5n4CC2)CCN13. The highest BCUT2D eigenvalue weighted by Crippen LogP contribution is 2.44. The van der Waals surface area contributed by atoms with E-state index in [4.69, 9.17) is 0 Å². The third-order valence-electron chi connectivity index (χ3n) is 5.07. The van der Waals surface area contributed by atoms with Gasteiger partial charge in [0, 0.05) is 30.4 Å². The van der Waals surface area contributed by atoms with Crippen molar-refractivity contribution in [1.82, 2.24) is 9.47 Å². The van der Waals surface area contributed by atoms with Crippen molar-refractivity contribution in [2.24, 2.45) is 0 Å². The molecule has 0 bridgehead atoms. The largest absolute Gasteiger partial charge is 0.339 e. The Morgan fingerprint density at radius 2 is 1.85 bits per heavy atom. The lowest BCUT2D eigenvalue weighted by atomic mass is 9.89. The summed E-state index contributed by atoms with van der Waals surface area (Å²) in [6.45, 7) is 1.93. The Kier molecular flexibility index (Phi) is 1.90. The number of aromatic nitrogens is 1. The fourth-order valence-corrected chi connectivity index (χ4v) is 4.20. The molecule has 0 unspecified atom stereocenters. The van der Waals surface area contributed by atoms with Gasteiger partial charge in [-0.25, -0.2) is 0 Å². The molecule has 3 nitrogen and oxygen atoms in total. The molecular weight excluding hydrogens is 248 g/mol. The number of hydrogen-bond acceptors (Lipinski definition) is 1. The molecule has 0 aliphatic carbocycles. The van der Waals surface area contributed by atoms with Gasteiger partial charge in [0.25, 0.3) is 0 Å². The van der Waals surface area contributed by atoms with E-state index in [2.05, 4.69) is 33.7 Å². The topological polar surface area (TPSA) is 25.2 Å². The summed E-state index contributed by atoms with van der Waals surface area (Å²) in [4.78, 5) is 14.3. The van der Waals surface area contributed by atoms with Gasteiger partial charge >= 0.3 is 0 Å². The highest BCUT2D eigenvalue weighted by Gasteiger charge is 2.37. The Balaban J connectivity index is 1.91. The summed E-state index contributed by atoms with van der Waals surface area (Å²) in [5, 5.41) is 1.38. The lowest BCUT2D eigenvalue weighted by Crippen LogP contribution is -2.40. The molecule has 1 amide bonds. The normalized spacial score (nSPS) is 20.6. The number of aryl methyl sites for hydroxylation is 1. The maximum Gasteiger partial charge on any atom is 0.227 e. The highest BCUT2D eigenvalue weighted by atomic mass is 16.2. The maximum absolute atomic E-state index is 12.2. The van der Waals surface area contributed by atoms with Crippen molar-refractivity contribution in [2.45, 2.75) is 32.2 Å². The van der Waals surface area contributed by atoms with E-state index >= 15 is 0 Å². The number of amides is 1. The van der Waals surface area contributed by atoms with Gasteiger partial charge in [0.15, 0.2) is 0 Å². The van der Waals surface area contributed by atoms with Gasteiger partial charge in [-0.1, -0.05) is 18.2 Å². The van der Waals surface area contributed by atoms with Gasteiger partial charge in [-0.15, -0.1) is 0 Å². The first kappa shape index (κ1) is 10.7. The van der Waals surface area contributed by atoms with E-state index in [9.17, 15) is 4.79 Å². The van der Waals surface area contributed by atoms with Crippen LogP contribution < -0.4 is 0 Å². The predicted octanol–water partition coefficient (Wildman–Crippen LogP) is 2.93. The van der Waals surface area contributed by atoms with Crippen LogP contribution in [0.25, 0.3) is 16.6 Å². The number of fused-ring (bicyclic) bond motifs is 3. The molecule has 0 saturated heterocycles. The standard InChI is InChI=1S/C17H16N2O/c20-15-6-5-11-7-9-18-14-4-2-1-3-12(14)13-8-10-19(15)16(11)17(13)18/h1-4H,5-10H2. The molecule has 0 fully saturated rings. The van der Waals surface area contributed by atoms with E-state index < -0.39 is 0 Å². The van der Waals surface area contributed by atoms with Crippen LogP contribution in [0.3, 0.4) is 0 Å². The predicted molar refractivity (Wildman–Crippen MR) is 78.1 cm³/mol. The molecule has 0 atom stereocenters. The molecule has 3 aliphatic rings. The molecule has 3 aliphatic heterocycles. The molecule has 4 heterocycles. The molecule has 0 radical (unpaired) electrons. The van der Waals surface area contributed by atoms with Crippen molar-refractivity contribution in [1.29, 1.82) is 0 Å². The van der Waals surface area contributed by atoms with E-state index in [0.717, 1.165) is 32.4 Å². The van der Waals surface area contributed by atoms with Crippen molar-refractivity contribution < 1.29 is 4.79 Å². The zero-order valence-electron chi connectivity index (χ0n) is 11.4. The molecule has 0 spiro atoms. The Labute approximate surface area is 117 Å². The minimum Gasteiger partial charge on any atom is -0.339 e. The molecule has 1 aromatic carbocycles. The summed E-state index contributed by atoms with van der Waals surface area (Å²) in [6.07, 6.45) is 3.76. The minimum absolute atomic E-state index is 0.313. The zero-order valence-corrected chi connectivity index (χ0v) is 11.4. The second-order valence-electron chi connectivity index (χ2n) is 5.99. The number of carbonyl (C=O) groups is 1. The lowest BCUT2D eigenvalue weighted by Gasteiger charge is -2.39. The molecule has 2 aromatic rings. The first-order chi connectivity index (χ1) is 9.84. The Hall–Kier alpha value is -2.03.